The van der Waals surface area contributed by atoms with Gasteiger partial charge in [0.05, 0.1) is 22.8 Å². The van der Waals surface area contributed by atoms with Gasteiger partial charge in [-0.2, -0.15) is 0 Å². The van der Waals surface area contributed by atoms with Gasteiger partial charge in [-0.3, -0.25) is 4.99 Å². The van der Waals surface area contributed by atoms with Crippen molar-refractivity contribution in [3.63, 3.8) is 0 Å². The summed E-state index contributed by atoms with van der Waals surface area (Å²) in [6.45, 7) is 8.55. The summed E-state index contributed by atoms with van der Waals surface area (Å²) in [7, 11) is 0. The molecule has 1 aromatic rings. The molecule has 1 aromatic heterocycles. The van der Waals surface area contributed by atoms with Crippen LogP contribution in [0.25, 0.3) is 0 Å². The number of nitrogens with one attached hydrogen (secondary N) is 1. The van der Waals surface area contributed by atoms with Crippen LogP contribution in [0, 0.1) is 13.8 Å². The van der Waals surface area contributed by atoms with Crippen molar-refractivity contribution in [1.29, 1.82) is 0 Å². The maximum Gasteiger partial charge on any atom is 0.157 e. The standard InChI is InChI=1S/C13H21N3S2/c1-5-11-6-7-17-13(16-11)15-9(3)12-8(2)14-10(4)18-12/h9,11H,5-7H2,1-4H3,(H,15,16). The van der Waals surface area contributed by atoms with Crippen LogP contribution >= 0.6 is 23.1 Å². The lowest BCUT2D eigenvalue weighted by atomic mass is 10.2. The highest BCUT2D eigenvalue weighted by molar-refractivity contribution is 8.13. The average Bonchev–Trinajstić information content (AvgIpc) is 2.69. The van der Waals surface area contributed by atoms with Crippen LogP contribution in [0.1, 0.15) is 48.3 Å². The molecule has 0 fully saturated rings. The molecule has 2 heterocycles. The summed E-state index contributed by atoms with van der Waals surface area (Å²) in [5.74, 6) is 1.18. The first kappa shape index (κ1) is 13.9. The Morgan fingerprint density at radius 3 is 2.83 bits per heavy atom. The molecule has 2 atom stereocenters. The van der Waals surface area contributed by atoms with Crippen LogP contribution < -0.4 is 5.32 Å². The van der Waals surface area contributed by atoms with E-state index in [4.69, 9.17) is 4.99 Å². The lowest BCUT2D eigenvalue weighted by molar-refractivity contribution is 0.623. The van der Waals surface area contributed by atoms with Crippen molar-refractivity contribution in [2.45, 2.75) is 52.6 Å². The van der Waals surface area contributed by atoms with Crippen molar-refractivity contribution in [1.82, 2.24) is 10.3 Å². The quantitative estimate of drug-likeness (QED) is 0.919. The third-order valence-corrected chi connectivity index (χ3v) is 5.33. The van der Waals surface area contributed by atoms with Crippen molar-refractivity contribution in [2.75, 3.05) is 5.75 Å². The van der Waals surface area contributed by atoms with Crippen LogP contribution in [0.15, 0.2) is 4.99 Å². The molecule has 0 amide bonds. The number of aliphatic imine (C=N–C) groups is 1. The number of hydrogen-bond donors (Lipinski definition) is 1. The van der Waals surface area contributed by atoms with Gasteiger partial charge in [0.1, 0.15) is 0 Å². The summed E-state index contributed by atoms with van der Waals surface area (Å²) in [4.78, 5) is 10.6. The van der Waals surface area contributed by atoms with Gasteiger partial charge in [-0.15, -0.1) is 11.3 Å². The summed E-state index contributed by atoms with van der Waals surface area (Å²) in [6, 6.07) is 0.809. The summed E-state index contributed by atoms with van der Waals surface area (Å²) in [5.41, 5.74) is 1.14. The fourth-order valence-electron chi connectivity index (χ4n) is 2.13. The van der Waals surface area contributed by atoms with E-state index in [0.29, 0.717) is 12.1 Å². The minimum absolute atomic E-state index is 0.304. The molecular weight excluding hydrogens is 262 g/mol. The van der Waals surface area contributed by atoms with Gasteiger partial charge in [0, 0.05) is 10.6 Å². The largest absolute Gasteiger partial charge is 0.358 e. The highest BCUT2D eigenvalue weighted by atomic mass is 32.2. The Labute approximate surface area is 118 Å². The summed E-state index contributed by atoms with van der Waals surface area (Å²) in [6.07, 6.45) is 2.35. The fraction of sp³-hybridized carbons (Fsp3) is 0.692. The van der Waals surface area contributed by atoms with Crippen molar-refractivity contribution < 1.29 is 0 Å². The molecule has 2 rings (SSSR count). The van der Waals surface area contributed by atoms with Crippen LogP contribution in [0.5, 0.6) is 0 Å². The smallest absolute Gasteiger partial charge is 0.157 e. The zero-order valence-electron chi connectivity index (χ0n) is 11.5. The van der Waals surface area contributed by atoms with E-state index in [1.165, 1.54) is 17.1 Å². The van der Waals surface area contributed by atoms with E-state index in [0.717, 1.165) is 22.3 Å². The van der Waals surface area contributed by atoms with Crippen LogP contribution in [0.4, 0.5) is 0 Å². The molecule has 3 nitrogen and oxygen atoms in total. The molecule has 0 spiro atoms. The first-order valence-electron chi connectivity index (χ1n) is 6.51. The Balaban J connectivity index is 2.05. The molecule has 1 N–H and O–H groups in total. The van der Waals surface area contributed by atoms with Crippen LogP contribution in [-0.4, -0.2) is 21.9 Å². The Kier molecular flexibility index (Phi) is 4.67. The van der Waals surface area contributed by atoms with Gasteiger partial charge >= 0.3 is 0 Å². The van der Waals surface area contributed by atoms with Gasteiger partial charge in [-0.25, -0.2) is 4.98 Å². The zero-order chi connectivity index (χ0) is 13.1. The summed E-state index contributed by atoms with van der Waals surface area (Å²) in [5, 5.41) is 5.78. The predicted octanol–water partition coefficient (Wildman–Crippen LogP) is 3.68. The SMILES string of the molecule is CCC1CCSC(NC(C)c2sc(C)nc2C)=N1. The van der Waals surface area contributed by atoms with E-state index in [1.807, 2.05) is 11.8 Å². The molecule has 0 saturated heterocycles. The molecule has 0 saturated carbocycles. The monoisotopic (exact) mass is 283 g/mol. The molecule has 0 bridgehead atoms. The minimum atomic E-state index is 0.304. The van der Waals surface area contributed by atoms with Gasteiger partial charge in [-0.1, -0.05) is 18.7 Å². The number of rotatable bonds is 3. The van der Waals surface area contributed by atoms with E-state index < -0.39 is 0 Å². The molecule has 0 radical (unpaired) electrons. The lowest BCUT2D eigenvalue weighted by Crippen LogP contribution is -2.28. The second-order valence-corrected chi connectivity index (χ2v) is 7.00. The molecule has 18 heavy (non-hydrogen) atoms. The number of amidine groups is 1. The van der Waals surface area contributed by atoms with Crippen LogP contribution in [0.2, 0.25) is 0 Å². The Hall–Kier alpha value is -0.550. The molecular formula is C13H21N3S2. The predicted molar refractivity (Wildman–Crippen MR) is 81.7 cm³/mol. The van der Waals surface area contributed by atoms with Crippen molar-refractivity contribution >= 4 is 28.3 Å². The molecule has 5 heteroatoms. The summed E-state index contributed by atoms with van der Waals surface area (Å²) < 4.78 is 0. The zero-order valence-corrected chi connectivity index (χ0v) is 13.1. The fourth-order valence-corrected chi connectivity index (χ4v) is 4.13. The molecule has 1 aliphatic rings. The van der Waals surface area contributed by atoms with Gasteiger partial charge in [0.25, 0.3) is 0 Å². The number of aromatic nitrogens is 1. The maximum absolute atomic E-state index is 4.75. The molecule has 0 aliphatic carbocycles. The normalized spacial score (nSPS) is 21.6. The topological polar surface area (TPSA) is 37.3 Å². The highest BCUT2D eigenvalue weighted by Crippen LogP contribution is 2.26. The Morgan fingerprint density at radius 1 is 1.44 bits per heavy atom. The third kappa shape index (κ3) is 3.26. The first-order valence-corrected chi connectivity index (χ1v) is 8.31. The van der Waals surface area contributed by atoms with Crippen molar-refractivity contribution in [2.24, 2.45) is 4.99 Å². The van der Waals surface area contributed by atoms with Crippen molar-refractivity contribution in [3.05, 3.63) is 15.6 Å². The summed E-state index contributed by atoms with van der Waals surface area (Å²) >= 11 is 3.62. The van der Waals surface area contributed by atoms with E-state index in [9.17, 15) is 0 Å². The van der Waals surface area contributed by atoms with Gasteiger partial charge in [-0.05, 0) is 33.6 Å². The lowest BCUT2D eigenvalue weighted by Gasteiger charge is -2.22. The number of nitrogens with zero attached hydrogens (tertiary/aromatic N) is 2. The van der Waals surface area contributed by atoms with Crippen molar-refractivity contribution in [3.8, 4) is 0 Å². The average molecular weight is 283 g/mol. The molecule has 2 unspecified atom stereocenters. The second kappa shape index (κ2) is 6.06. The van der Waals surface area contributed by atoms with Crippen LogP contribution in [-0.2, 0) is 0 Å². The highest BCUT2D eigenvalue weighted by Gasteiger charge is 2.18. The Bertz CT molecular complexity index is 439. The molecule has 100 valence electrons. The van der Waals surface area contributed by atoms with Crippen LogP contribution in [0.3, 0.4) is 0 Å². The molecule has 1 aliphatic heterocycles. The maximum atomic E-state index is 4.75. The second-order valence-electron chi connectivity index (χ2n) is 4.68. The van der Waals surface area contributed by atoms with Gasteiger partial charge < -0.3 is 5.32 Å². The van der Waals surface area contributed by atoms with Gasteiger partial charge in [0.15, 0.2) is 5.17 Å². The minimum Gasteiger partial charge on any atom is -0.358 e. The first-order chi connectivity index (χ1) is 8.60. The third-order valence-electron chi connectivity index (χ3n) is 3.13. The molecule has 0 aromatic carbocycles. The van der Waals surface area contributed by atoms with E-state index >= 15 is 0 Å². The Morgan fingerprint density at radius 2 is 2.22 bits per heavy atom. The van der Waals surface area contributed by atoms with E-state index in [2.05, 4.69) is 38.0 Å². The number of aryl methyl sites for hydroxylation is 2. The number of hydrogen-bond acceptors (Lipinski definition) is 5. The number of thiazole rings is 1. The van der Waals surface area contributed by atoms with Gasteiger partial charge in [0.2, 0.25) is 0 Å². The number of thioether (sulfide) groups is 1. The van der Waals surface area contributed by atoms with E-state index in [1.54, 1.807) is 11.3 Å². The van der Waals surface area contributed by atoms with E-state index in [-0.39, 0.29) is 0 Å².